The summed E-state index contributed by atoms with van der Waals surface area (Å²) in [6.45, 7) is 1.63. The molecular weight excluding hydrogens is 245 g/mol. The summed E-state index contributed by atoms with van der Waals surface area (Å²) in [6, 6.07) is -1.83. The van der Waals surface area contributed by atoms with Crippen LogP contribution in [0.5, 0.6) is 0 Å². The van der Waals surface area contributed by atoms with Crippen LogP contribution in [0, 0.1) is 6.92 Å². The van der Waals surface area contributed by atoms with Gasteiger partial charge in [0.05, 0.1) is 16.4 Å². The Balaban J connectivity index is 2.95. The number of halogens is 4. The maximum absolute atomic E-state index is 12.5. The van der Waals surface area contributed by atoms with E-state index in [0.29, 0.717) is 11.4 Å². The highest BCUT2D eigenvalue weighted by Crippen LogP contribution is 2.26. The maximum atomic E-state index is 12.5. The third-order valence-corrected chi connectivity index (χ3v) is 2.75. The molecular formula is C8H12ClF3N4. The standard InChI is InChI=1S/C8H12ClF3N4/c1-4-7(9)5(16(2)15-4)3-6(14-13)8(10,11)12/h6,14H,3,13H2,1-2H3. The van der Waals surface area contributed by atoms with Gasteiger partial charge in [0, 0.05) is 13.5 Å². The largest absolute Gasteiger partial charge is 0.405 e. The van der Waals surface area contributed by atoms with Crippen molar-refractivity contribution in [2.75, 3.05) is 0 Å². The van der Waals surface area contributed by atoms with E-state index in [1.807, 2.05) is 0 Å². The molecule has 92 valence electrons. The quantitative estimate of drug-likeness (QED) is 0.633. The van der Waals surface area contributed by atoms with Crippen LogP contribution in [0.4, 0.5) is 13.2 Å². The predicted molar refractivity (Wildman–Crippen MR) is 53.8 cm³/mol. The van der Waals surface area contributed by atoms with Crippen LogP contribution in [-0.2, 0) is 13.5 Å². The molecule has 16 heavy (non-hydrogen) atoms. The zero-order chi connectivity index (χ0) is 12.5. The van der Waals surface area contributed by atoms with Gasteiger partial charge in [-0.1, -0.05) is 11.6 Å². The van der Waals surface area contributed by atoms with Gasteiger partial charge in [0.15, 0.2) is 0 Å². The monoisotopic (exact) mass is 256 g/mol. The average Bonchev–Trinajstić information content (AvgIpc) is 2.37. The van der Waals surface area contributed by atoms with E-state index in [4.69, 9.17) is 17.4 Å². The number of nitrogens with one attached hydrogen (secondary N) is 1. The number of hydrogen-bond donors (Lipinski definition) is 2. The Morgan fingerprint density at radius 3 is 2.44 bits per heavy atom. The number of hydrogen-bond acceptors (Lipinski definition) is 3. The van der Waals surface area contributed by atoms with E-state index in [0.717, 1.165) is 0 Å². The molecule has 0 fully saturated rings. The second-order valence-corrected chi connectivity index (χ2v) is 3.81. The highest BCUT2D eigenvalue weighted by atomic mass is 35.5. The highest BCUT2D eigenvalue weighted by Gasteiger charge is 2.39. The summed E-state index contributed by atoms with van der Waals surface area (Å²) in [5.41, 5.74) is 2.53. The number of nitrogens with zero attached hydrogens (tertiary/aromatic N) is 2. The molecule has 1 rings (SSSR count). The van der Waals surface area contributed by atoms with Gasteiger partial charge >= 0.3 is 6.18 Å². The van der Waals surface area contributed by atoms with Crippen molar-refractivity contribution in [1.29, 1.82) is 0 Å². The lowest BCUT2D eigenvalue weighted by molar-refractivity contribution is -0.155. The van der Waals surface area contributed by atoms with Gasteiger partial charge in [0.25, 0.3) is 0 Å². The number of aryl methyl sites for hydroxylation is 2. The second kappa shape index (κ2) is 4.60. The van der Waals surface area contributed by atoms with Crippen LogP contribution in [0.2, 0.25) is 5.02 Å². The van der Waals surface area contributed by atoms with Gasteiger partial charge < -0.3 is 0 Å². The Morgan fingerprint density at radius 2 is 2.12 bits per heavy atom. The first-order valence-corrected chi connectivity index (χ1v) is 4.86. The third-order valence-electron chi connectivity index (χ3n) is 2.26. The van der Waals surface area contributed by atoms with Gasteiger partial charge in [-0.15, -0.1) is 0 Å². The van der Waals surface area contributed by atoms with E-state index in [-0.39, 0.29) is 11.4 Å². The van der Waals surface area contributed by atoms with E-state index in [1.165, 1.54) is 11.7 Å². The summed E-state index contributed by atoms with van der Waals surface area (Å²) in [5, 5.41) is 4.17. The summed E-state index contributed by atoms with van der Waals surface area (Å²) in [6.07, 6.45) is -4.77. The molecule has 0 radical (unpaired) electrons. The minimum atomic E-state index is -4.42. The molecule has 0 saturated heterocycles. The van der Waals surface area contributed by atoms with Crippen LogP contribution < -0.4 is 11.3 Å². The maximum Gasteiger partial charge on any atom is 0.405 e. The van der Waals surface area contributed by atoms with Crippen LogP contribution in [0.25, 0.3) is 0 Å². The van der Waals surface area contributed by atoms with Gasteiger partial charge in [-0.05, 0) is 6.92 Å². The lowest BCUT2D eigenvalue weighted by Crippen LogP contribution is -2.47. The minimum absolute atomic E-state index is 0.243. The molecule has 8 heteroatoms. The van der Waals surface area contributed by atoms with Crippen LogP contribution in [0.1, 0.15) is 11.4 Å². The van der Waals surface area contributed by atoms with Gasteiger partial charge in [-0.25, -0.2) is 5.43 Å². The molecule has 1 aromatic heterocycles. The lowest BCUT2D eigenvalue weighted by Gasteiger charge is -2.19. The number of alkyl halides is 3. The van der Waals surface area contributed by atoms with Crippen molar-refractivity contribution in [3.8, 4) is 0 Å². The Kier molecular flexibility index (Phi) is 3.82. The molecule has 4 nitrogen and oxygen atoms in total. The van der Waals surface area contributed by atoms with Crippen LogP contribution in [0.3, 0.4) is 0 Å². The molecule has 3 N–H and O–H groups in total. The smallest absolute Gasteiger partial charge is 0.271 e. The SMILES string of the molecule is Cc1nn(C)c(CC(NN)C(F)(F)F)c1Cl. The Bertz CT molecular complexity index is 374. The molecule has 0 aliphatic rings. The molecule has 1 unspecified atom stereocenters. The Morgan fingerprint density at radius 1 is 1.56 bits per heavy atom. The van der Waals surface area contributed by atoms with Crippen molar-refractivity contribution in [3.05, 3.63) is 16.4 Å². The van der Waals surface area contributed by atoms with Crippen LogP contribution in [-0.4, -0.2) is 22.0 Å². The topological polar surface area (TPSA) is 55.9 Å². The normalized spacial score (nSPS) is 14.2. The molecule has 1 atom stereocenters. The van der Waals surface area contributed by atoms with Gasteiger partial charge in [-0.2, -0.15) is 18.3 Å². The van der Waals surface area contributed by atoms with Crippen molar-refractivity contribution in [2.45, 2.75) is 25.6 Å². The number of hydrazine groups is 1. The zero-order valence-corrected chi connectivity index (χ0v) is 9.52. The van der Waals surface area contributed by atoms with E-state index >= 15 is 0 Å². The second-order valence-electron chi connectivity index (χ2n) is 3.43. The van der Waals surface area contributed by atoms with Crippen molar-refractivity contribution in [3.63, 3.8) is 0 Å². The molecule has 0 aliphatic carbocycles. The summed E-state index contributed by atoms with van der Waals surface area (Å²) in [7, 11) is 1.54. The first kappa shape index (κ1) is 13.3. The summed E-state index contributed by atoms with van der Waals surface area (Å²) >= 11 is 5.85. The zero-order valence-electron chi connectivity index (χ0n) is 8.77. The van der Waals surface area contributed by atoms with Crippen molar-refractivity contribution in [1.82, 2.24) is 15.2 Å². The van der Waals surface area contributed by atoms with Crippen molar-refractivity contribution >= 4 is 11.6 Å². The highest BCUT2D eigenvalue weighted by molar-refractivity contribution is 6.31. The summed E-state index contributed by atoms with van der Waals surface area (Å²) in [4.78, 5) is 0. The number of aromatic nitrogens is 2. The molecule has 0 bridgehead atoms. The van der Waals surface area contributed by atoms with E-state index in [2.05, 4.69) is 5.10 Å². The fourth-order valence-electron chi connectivity index (χ4n) is 1.36. The third kappa shape index (κ3) is 2.66. The van der Waals surface area contributed by atoms with Gasteiger partial charge in [0.1, 0.15) is 6.04 Å². The molecule has 0 aliphatic heterocycles. The average molecular weight is 257 g/mol. The van der Waals surface area contributed by atoms with E-state index < -0.39 is 12.2 Å². The summed E-state index contributed by atoms with van der Waals surface area (Å²) in [5.74, 6) is 4.87. The van der Waals surface area contributed by atoms with Crippen LogP contribution >= 0.6 is 11.6 Å². The van der Waals surface area contributed by atoms with E-state index in [1.54, 1.807) is 12.3 Å². The predicted octanol–water partition coefficient (Wildman–Crippen LogP) is 1.32. The molecule has 0 spiro atoms. The van der Waals surface area contributed by atoms with Crippen molar-refractivity contribution < 1.29 is 13.2 Å². The lowest BCUT2D eigenvalue weighted by atomic mass is 10.1. The number of nitrogens with two attached hydrogens (primary N) is 1. The summed E-state index contributed by atoms with van der Waals surface area (Å²) < 4.78 is 38.7. The molecule has 1 aromatic rings. The first-order valence-electron chi connectivity index (χ1n) is 4.48. The first-order chi connectivity index (χ1) is 7.27. The van der Waals surface area contributed by atoms with E-state index in [9.17, 15) is 13.2 Å². The Hall–Kier alpha value is -0.790. The molecule has 0 aromatic carbocycles. The fraction of sp³-hybridized carbons (Fsp3) is 0.625. The minimum Gasteiger partial charge on any atom is -0.271 e. The molecule has 0 saturated carbocycles. The van der Waals surface area contributed by atoms with Gasteiger partial charge in [-0.3, -0.25) is 10.5 Å². The molecule has 1 heterocycles. The van der Waals surface area contributed by atoms with Crippen molar-refractivity contribution in [2.24, 2.45) is 12.9 Å². The fourth-order valence-corrected chi connectivity index (χ4v) is 1.60. The van der Waals surface area contributed by atoms with Crippen LogP contribution in [0.15, 0.2) is 0 Å². The number of rotatable bonds is 3. The molecule has 0 amide bonds. The van der Waals surface area contributed by atoms with Gasteiger partial charge in [0.2, 0.25) is 0 Å². The Labute approximate surface area is 95.5 Å².